The molecule has 1 aromatic heterocycles. The van der Waals surface area contributed by atoms with E-state index < -0.39 is 0 Å². The molecule has 0 atom stereocenters. The third-order valence-electron chi connectivity index (χ3n) is 17.7. The van der Waals surface area contributed by atoms with E-state index in [-0.39, 0.29) is 0 Å². The van der Waals surface area contributed by atoms with Crippen LogP contribution >= 0.6 is 58.4 Å². The van der Waals surface area contributed by atoms with E-state index in [0.29, 0.717) is 29.8 Å². The monoisotopic (exact) mass is 2040 g/mol. The zero-order valence-electron chi connectivity index (χ0n) is 105. The van der Waals surface area contributed by atoms with Crippen molar-refractivity contribution in [3.8, 4) is 17.6 Å². The molecule has 0 amide bonds. The minimum atomic E-state index is 0.386. The van der Waals surface area contributed by atoms with Gasteiger partial charge in [-0.05, 0) is 305 Å². The quantitative estimate of drug-likeness (QED) is 0.0250. The van der Waals surface area contributed by atoms with E-state index in [1.165, 1.54) is 151 Å². The van der Waals surface area contributed by atoms with Crippen molar-refractivity contribution in [3.63, 3.8) is 0 Å². The maximum Gasteiger partial charge on any atom is 0.119 e. The van der Waals surface area contributed by atoms with Crippen LogP contribution in [0.3, 0.4) is 0 Å². The Hall–Kier alpha value is -2.26. The maximum atomic E-state index is 5.47. The van der Waals surface area contributed by atoms with E-state index in [9.17, 15) is 0 Å². The number of rotatable bonds is 38. The van der Waals surface area contributed by atoms with E-state index in [4.69, 9.17) is 18.9 Å². The van der Waals surface area contributed by atoms with Crippen LogP contribution in [0.2, 0.25) is 0 Å². The van der Waals surface area contributed by atoms with Crippen molar-refractivity contribution in [1.82, 2.24) is 0 Å². The van der Waals surface area contributed by atoms with Crippen molar-refractivity contribution in [2.45, 2.75) is 486 Å². The largest absolute Gasteiger partial charge is 0.493 e. The fourth-order valence-electron chi connectivity index (χ4n) is 11.3. The van der Waals surface area contributed by atoms with Gasteiger partial charge in [-0.15, -0.1) is 34.9 Å². The standard InChI is InChI=1S/C12H18.C10H14O.C10H14S.C10H20.C8H12S.C8H16.C7H16O.C7H16S.2C7H16.C7H12.C6H14O.C6H14S.C6H14.C5H12O.C5H12S.C5H12.C4H10/c1-9(2)7-12-6-5-10(3)11(4)8-12;2*1-9(2)8-11-10-6-4-3-5-7-10;1-9(2)8-10-6-4-3-5-7-10;1-7(2)6-8-4-3-5-9-8;1-7(2)5-6-8(3)4;2*1-6(2)5-8-7(3)4;2*1-6(2)5-7(3)4;1-4-5-6-7(2)3;2*1-4-7-5-6(2)3;1-4-5-6(2)3;2*1-5(2)4-6-3;1-4-5(2)3;1-4(2)3/h5-6,8-9H,7H2,1-4H3;2*3-7,9H,8H2,1-2H3;9-10H,3-8H2,1-2H3;3-5,7H,6H2,1-2H3;5,8H,6H2,1-4H3;2*6-7H,5H2,1-4H3;2*6-7H,5H2,1-4H3;7H,6H2,1-3H3;2*6H,4-5H2,1-3H3;6H,4-5H2,1-3H3;2*5H,4H2,1-3H3;5H,4H2,1-3H3;4H,1-3H3. The molecule has 832 valence electrons. The van der Waals surface area contributed by atoms with Gasteiger partial charge in [0.05, 0.1) is 12.7 Å². The van der Waals surface area contributed by atoms with E-state index in [1.54, 1.807) is 7.11 Å². The van der Waals surface area contributed by atoms with Gasteiger partial charge in [-0.3, -0.25) is 0 Å². The SMILES string of the molecule is CC#CCC(C)C.CC(C)=CCC(C)C.CC(C)C.CC(C)CC(C)C.CC(C)CC(C)C.CC(C)CC1CCCCC1.CC(C)COC(C)C.CC(C)COc1ccccc1.CC(C)CSC(C)C.CC(C)CSc1ccccc1.CC(C)Cc1cccs1.CCC(C)C.CCCC(C)C.CCOCC(C)C.CCSCC(C)C.COCC(C)C.CSCC(C)C.Cc1ccc(CC(C)C)cc1C. The second-order valence-electron chi connectivity index (χ2n) is 46.9. The minimum Gasteiger partial charge on any atom is -0.493 e. The second-order valence-corrected chi connectivity index (χ2v) is 52.9. The Morgan fingerprint density at radius 1 is 0.439 bits per heavy atom. The molecule has 139 heavy (non-hydrogen) atoms. The highest BCUT2D eigenvalue weighted by atomic mass is 32.2. The molecule has 1 aliphatic carbocycles. The second kappa shape index (κ2) is 124. The highest BCUT2D eigenvalue weighted by Crippen LogP contribution is 2.29. The summed E-state index contributed by atoms with van der Waals surface area (Å²) >= 11 is 9.75. The van der Waals surface area contributed by atoms with Gasteiger partial charge in [-0.1, -0.05) is 442 Å². The number of para-hydroxylation sites is 1. The van der Waals surface area contributed by atoms with Gasteiger partial charge < -0.3 is 18.9 Å². The molecule has 0 N–H and O–H groups in total. The molecule has 1 saturated carbocycles. The third-order valence-corrected chi connectivity index (χ3v) is 23.9. The predicted molar refractivity (Wildman–Crippen MR) is 665 cm³/mol. The smallest absolute Gasteiger partial charge is 0.119 e. The molecule has 4 nitrogen and oxygen atoms in total. The lowest BCUT2D eigenvalue weighted by atomic mass is 9.84. The van der Waals surface area contributed by atoms with Gasteiger partial charge in [0.25, 0.3) is 0 Å². The van der Waals surface area contributed by atoms with E-state index in [1.807, 2.05) is 103 Å². The molecule has 0 spiro atoms. The minimum absolute atomic E-state index is 0.386. The van der Waals surface area contributed by atoms with Crippen LogP contribution in [-0.2, 0) is 27.1 Å². The van der Waals surface area contributed by atoms with Crippen LogP contribution in [0.25, 0.3) is 0 Å². The van der Waals surface area contributed by atoms with Gasteiger partial charge in [0.15, 0.2) is 0 Å². The van der Waals surface area contributed by atoms with Crippen LogP contribution in [-0.4, -0.2) is 86.5 Å². The van der Waals surface area contributed by atoms with Crippen molar-refractivity contribution < 1.29 is 18.9 Å². The topological polar surface area (TPSA) is 36.9 Å². The number of ether oxygens (including phenoxy) is 4. The van der Waals surface area contributed by atoms with Crippen LogP contribution in [0, 0.1) is 150 Å². The number of aryl methyl sites for hydroxylation is 2. The normalized spacial score (nSPS) is 11.1. The first-order valence-corrected chi connectivity index (χ1v) is 61.8. The first-order valence-electron chi connectivity index (χ1n) is 56.3. The Balaban J connectivity index is -0.000000111. The van der Waals surface area contributed by atoms with Crippen molar-refractivity contribution in [2.24, 2.45) is 124 Å². The average molecular weight is 2050 g/mol. The maximum absolute atomic E-state index is 5.47. The fourth-order valence-corrected chi connectivity index (χ4v) is 15.2. The average Bonchev–Trinajstić information content (AvgIpc) is 1.10. The van der Waals surface area contributed by atoms with Crippen molar-refractivity contribution in [3.05, 3.63) is 130 Å². The summed E-state index contributed by atoms with van der Waals surface area (Å²) in [7, 11) is 1.72. The summed E-state index contributed by atoms with van der Waals surface area (Å²) in [4.78, 5) is 2.88. The molecule has 9 heteroatoms. The molecule has 1 heterocycles. The van der Waals surface area contributed by atoms with Crippen molar-refractivity contribution >= 4 is 58.4 Å². The molecule has 0 bridgehead atoms. The van der Waals surface area contributed by atoms with Crippen LogP contribution < -0.4 is 4.74 Å². The van der Waals surface area contributed by atoms with Crippen molar-refractivity contribution in [1.29, 1.82) is 0 Å². The Morgan fingerprint density at radius 2 is 0.885 bits per heavy atom. The molecular formula is C130H258O4S5. The molecule has 0 radical (unpaired) electrons. The third kappa shape index (κ3) is 202. The number of methoxy groups -OCH3 is 1. The number of hydrogen-bond acceptors (Lipinski definition) is 9. The molecule has 4 aromatic rings. The lowest BCUT2D eigenvalue weighted by Crippen LogP contribution is -2.08. The number of allylic oxidation sites excluding steroid dienone is 2. The molecular weight excluding hydrogens is 1790 g/mol. The highest BCUT2D eigenvalue weighted by Gasteiger charge is 2.14. The van der Waals surface area contributed by atoms with Gasteiger partial charge in [0, 0.05) is 55.5 Å². The zero-order chi connectivity index (χ0) is 111. The number of thiophene rings is 1. The van der Waals surface area contributed by atoms with Gasteiger partial charge in [-0.2, -0.15) is 35.3 Å². The van der Waals surface area contributed by atoms with E-state index in [2.05, 4.69) is 450 Å². The number of thioether (sulfide) groups is 4. The number of benzene rings is 3. The Labute approximate surface area is 903 Å². The van der Waals surface area contributed by atoms with Gasteiger partial charge >= 0.3 is 0 Å². The summed E-state index contributed by atoms with van der Waals surface area (Å²) in [5, 5.41) is 2.94. The zero-order valence-corrected chi connectivity index (χ0v) is 109. The van der Waals surface area contributed by atoms with Gasteiger partial charge in [0.2, 0.25) is 0 Å². The van der Waals surface area contributed by atoms with E-state index >= 15 is 0 Å². The Morgan fingerprint density at radius 3 is 1.12 bits per heavy atom. The Kier molecular flexibility index (Phi) is 147. The molecule has 5 rings (SSSR count). The fraction of sp³-hybridized carbons (Fsp3) is 0.800. The lowest BCUT2D eigenvalue weighted by molar-refractivity contribution is 0.0593. The summed E-state index contributed by atoms with van der Waals surface area (Å²) < 4.78 is 20.7. The molecule has 1 aliphatic rings. The summed E-state index contributed by atoms with van der Waals surface area (Å²) in [6, 6.07) is 31.5. The molecule has 1 fully saturated rings. The van der Waals surface area contributed by atoms with Crippen LogP contribution in [0.4, 0.5) is 0 Å². The lowest BCUT2D eigenvalue weighted by Gasteiger charge is -2.22. The van der Waals surface area contributed by atoms with Gasteiger partial charge in [-0.25, -0.2) is 0 Å². The summed E-state index contributed by atoms with van der Waals surface area (Å²) in [6.07, 6.45) is 25.2. The molecule has 3 aromatic carbocycles. The molecule has 0 aliphatic heterocycles. The Bertz CT molecular complexity index is 2750. The van der Waals surface area contributed by atoms with Crippen LogP contribution in [0.15, 0.2) is 113 Å². The first kappa shape index (κ1) is 165. The predicted octanol–water partition coefficient (Wildman–Crippen LogP) is 45.0. The highest BCUT2D eigenvalue weighted by molar-refractivity contribution is 8.00. The summed E-state index contributed by atoms with van der Waals surface area (Å²) in [6.45, 7) is 123. The summed E-state index contributed by atoms with van der Waals surface area (Å²) in [5.41, 5.74) is 5.70. The van der Waals surface area contributed by atoms with E-state index in [0.717, 1.165) is 151 Å². The molecule has 0 saturated heterocycles. The number of hydrogen-bond donors (Lipinski definition) is 0. The van der Waals surface area contributed by atoms with Crippen LogP contribution in [0.5, 0.6) is 5.75 Å². The van der Waals surface area contributed by atoms with Crippen molar-refractivity contribution in [2.75, 3.05) is 75.2 Å². The molecule has 0 unspecified atom stereocenters. The van der Waals surface area contributed by atoms with Crippen LogP contribution in [0.1, 0.15) is 465 Å². The van der Waals surface area contributed by atoms with Gasteiger partial charge in [0.1, 0.15) is 5.75 Å². The first-order chi connectivity index (χ1) is 64.5. The summed E-state index contributed by atoms with van der Waals surface area (Å²) in [5.74, 6) is 30.4.